The lowest BCUT2D eigenvalue weighted by atomic mass is 10.0. The van der Waals surface area contributed by atoms with Gasteiger partial charge in [-0.05, 0) is 36.8 Å². The predicted molar refractivity (Wildman–Crippen MR) is 145 cm³/mol. The number of alkyl halides is 5. The van der Waals surface area contributed by atoms with Crippen molar-refractivity contribution < 1.29 is 49.2 Å². The number of aryl methyl sites for hydroxylation is 1. The highest BCUT2D eigenvalue weighted by atomic mass is 32.2. The van der Waals surface area contributed by atoms with Gasteiger partial charge >= 0.3 is 12.4 Å². The van der Waals surface area contributed by atoms with Crippen LogP contribution in [0.5, 0.6) is 5.75 Å². The largest absolute Gasteiger partial charge is 0.573 e. The van der Waals surface area contributed by atoms with Crippen LogP contribution in [0.4, 0.5) is 32.6 Å². The average molecular weight is 646 g/mol. The Morgan fingerprint density at radius 3 is 2.27 bits per heavy atom. The lowest BCUT2D eigenvalue weighted by molar-refractivity contribution is -0.274. The van der Waals surface area contributed by atoms with Gasteiger partial charge in [-0.1, -0.05) is 36.3 Å². The van der Waals surface area contributed by atoms with Gasteiger partial charge in [0.15, 0.2) is 5.82 Å². The highest BCUT2D eigenvalue weighted by Crippen LogP contribution is 2.31. The van der Waals surface area contributed by atoms with Crippen LogP contribution >= 0.6 is 0 Å². The second kappa shape index (κ2) is 12.8. The maximum Gasteiger partial charge on any atom is 0.573 e. The Morgan fingerprint density at radius 2 is 1.70 bits per heavy atom. The normalized spacial score (nSPS) is 16.4. The molecule has 0 bridgehead atoms. The topological polar surface area (TPSA) is 134 Å². The summed E-state index contributed by atoms with van der Waals surface area (Å²) in [5, 5.41) is 8.75. The molecule has 1 aromatic heterocycles. The number of anilines is 1. The SMILES string of the molecule is CCC(F)(F)c1ccc(CNC(=O)[C@H]2CN(C(=O)Nc3cc(C)on3)CCN2S(=O)(=O)c2ccc(OC(F)(F)F)cc2)cc1. The van der Waals surface area contributed by atoms with Crippen molar-refractivity contribution in [3.8, 4) is 5.75 Å². The summed E-state index contributed by atoms with van der Waals surface area (Å²) in [4.78, 5) is 27.1. The maximum atomic E-state index is 14.0. The number of sulfonamides is 1. The number of piperazine rings is 1. The van der Waals surface area contributed by atoms with Gasteiger partial charge in [0.25, 0.3) is 5.92 Å². The Balaban J connectivity index is 1.54. The van der Waals surface area contributed by atoms with Crippen LogP contribution in [0.2, 0.25) is 0 Å². The van der Waals surface area contributed by atoms with E-state index in [-0.39, 0.29) is 31.0 Å². The van der Waals surface area contributed by atoms with E-state index < -0.39 is 63.9 Å². The van der Waals surface area contributed by atoms with E-state index in [0.717, 1.165) is 28.6 Å². The summed E-state index contributed by atoms with van der Waals surface area (Å²) >= 11 is 0. The molecule has 2 heterocycles. The molecule has 0 unspecified atom stereocenters. The Kier molecular flexibility index (Phi) is 9.48. The Labute approximate surface area is 249 Å². The molecule has 0 aliphatic carbocycles. The monoisotopic (exact) mass is 645 g/mol. The molecule has 0 radical (unpaired) electrons. The van der Waals surface area contributed by atoms with Crippen molar-refractivity contribution in [3.63, 3.8) is 0 Å². The molecular formula is C27H28F5N5O6S. The third-order valence-electron chi connectivity index (χ3n) is 6.74. The van der Waals surface area contributed by atoms with Gasteiger partial charge in [0.1, 0.15) is 17.6 Å². The fraction of sp³-hybridized carbons (Fsp3) is 0.370. The minimum absolute atomic E-state index is 0.0989. The van der Waals surface area contributed by atoms with Crippen molar-refractivity contribution in [2.24, 2.45) is 0 Å². The lowest BCUT2D eigenvalue weighted by Crippen LogP contribution is -2.61. The summed E-state index contributed by atoms with van der Waals surface area (Å²) in [5.74, 6) is -3.94. The minimum atomic E-state index is -4.98. The van der Waals surface area contributed by atoms with Gasteiger partial charge in [0, 0.05) is 44.2 Å². The van der Waals surface area contributed by atoms with E-state index in [4.69, 9.17) is 4.52 Å². The summed E-state index contributed by atoms with van der Waals surface area (Å²) < 4.78 is 102. The first-order valence-corrected chi connectivity index (χ1v) is 14.6. The van der Waals surface area contributed by atoms with Crippen molar-refractivity contribution in [1.82, 2.24) is 19.7 Å². The Morgan fingerprint density at radius 1 is 1.05 bits per heavy atom. The number of nitrogens with zero attached hydrogens (tertiary/aromatic N) is 3. The molecule has 1 fully saturated rings. The molecule has 11 nitrogen and oxygen atoms in total. The van der Waals surface area contributed by atoms with Crippen LogP contribution in [0.1, 0.15) is 30.2 Å². The number of amides is 3. The molecule has 4 rings (SSSR count). The van der Waals surface area contributed by atoms with Crippen molar-refractivity contribution >= 4 is 27.8 Å². The fourth-order valence-electron chi connectivity index (χ4n) is 4.39. The second-order valence-electron chi connectivity index (χ2n) is 9.82. The van der Waals surface area contributed by atoms with Crippen molar-refractivity contribution in [3.05, 3.63) is 71.5 Å². The van der Waals surface area contributed by atoms with Crippen molar-refractivity contribution in [1.29, 1.82) is 0 Å². The molecule has 3 aromatic rings. The predicted octanol–water partition coefficient (Wildman–Crippen LogP) is 4.61. The van der Waals surface area contributed by atoms with Gasteiger partial charge in [-0.15, -0.1) is 13.2 Å². The van der Waals surface area contributed by atoms with Gasteiger partial charge in [-0.2, -0.15) is 4.31 Å². The zero-order valence-corrected chi connectivity index (χ0v) is 24.2. The van der Waals surface area contributed by atoms with Crippen LogP contribution in [0.25, 0.3) is 0 Å². The molecule has 0 saturated carbocycles. The van der Waals surface area contributed by atoms with E-state index in [1.807, 2.05) is 0 Å². The maximum absolute atomic E-state index is 14.0. The number of rotatable bonds is 9. The van der Waals surface area contributed by atoms with Gasteiger partial charge < -0.3 is 19.5 Å². The summed E-state index contributed by atoms with van der Waals surface area (Å²) in [6, 6.07) is 8.03. The summed E-state index contributed by atoms with van der Waals surface area (Å²) in [5.41, 5.74) is 0.255. The molecule has 1 aliphatic heterocycles. The first-order chi connectivity index (χ1) is 20.6. The molecule has 2 N–H and O–H groups in total. The van der Waals surface area contributed by atoms with E-state index in [1.165, 1.54) is 42.2 Å². The molecule has 3 amide bonds. The summed E-state index contributed by atoms with van der Waals surface area (Å²) in [7, 11) is -4.46. The van der Waals surface area contributed by atoms with E-state index in [0.29, 0.717) is 11.3 Å². The number of carbonyl (C=O) groups is 2. The number of aromatic nitrogens is 1. The number of benzene rings is 2. The molecule has 0 spiro atoms. The number of ether oxygens (including phenoxy) is 1. The van der Waals surface area contributed by atoms with Crippen LogP contribution in [0.15, 0.2) is 64.0 Å². The molecule has 17 heteroatoms. The van der Waals surface area contributed by atoms with Crippen molar-refractivity contribution in [2.75, 3.05) is 25.0 Å². The van der Waals surface area contributed by atoms with Crippen LogP contribution in [0.3, 0.4) is 0 Å². The van der Waals surface area contributed by atoms with E-state index in [1.54, 1.807) is 6.92 Å². The van der Waals surface area contributed by atoms with Crippen LogP contribution in [0, 0.1) is 6.92 Å². The highest BCUT2D eigenvalue weighted by molar-refractivity contribution is 7.89. The minimum Gasteiger partial charge on any atom is -0.406 e. The van der Waals surface area contributed by atoms with E-state index in [2.05, 4.69) is 20.5 Å². The number of urea groups is 1. The summed E-state index contributed by atoms with van der Waals surface area (Å²) in [6.07, 6.45) is -5.38. The lowest BCUT2D eigenvalue weighted by Gasteiger charge is -2.39. The number of carbonyl (C=O) groups excluding carboxylic acids is 2. The first-order valence-electron chi connectivity index (χ1n) is 13.2. The Bertz CT molecular complexity index is 1580. The standard InChI is InChI=1S/C27H28F5N5O6S/c1-3-26(28,29)19-6-4-18(5-7-19)15-33-24(38)22-16-36(25(39)34-23-14-17(2)43-35-23)12-13-37(22)44(40,41)21-10-8-20(9-11-21)42-27(30,31)32/h4-11,14,22H,3,12-13,15-16H2,1-2H3,(H,33,38)(H,34,35,39)/t22-/m1/s1. The Hall–Kier alpha value is -4.25. The molecule has 1 aliphatic rings. The van der Waals surface area contributed by atoms with Gasteiger partial charge in [-0.25, -0.2) is 22.0 Å². The number of hydrogen-bond acceptors (Lipinski definition) is 7. The van der Waals surface area contributed by atoms with Crippen LogP contribution < -0.4 is 15.4 Å². The van der Waals surface area contributed by atoms with Crippen LogP contribution in [-0.2, 0) is 27.3 Å². The zero-order chi connectivity index (χ0) is 32.3. The van der Waals surface area contributed by atoms with Gasteiger partial charge in [0.05, 0.1) is 4.90 Å². The van der Waals surface area contributed by atoms with Crippen LogP contribution in [-0.4, -0.2) is 66.8 Å². The number of nitrogens with one attached hydrogen (secondary N) is 2. The van der Waals surface area contributed by atoms with E-state index in [9.17, 15) is 40.0 Å². The quantitative estimate of drug-likeness (QED) is 0.325. The third-order valence-corrected chi connectivity index (χ3v) is 8.66. The van der Waals surface area contributed by atoms with Crippen molar-refractivity contribution in [2.45, 2.75) is 50.0 Å². The molecule has 44 heavy (non-hydrogen) atoms. The first kappa shape index (κ1) is 32.7. The molecule has 2 aromatic carbocycles. The summed E-state index contributed by atoms with van der Waals surface area (Å²) in [6.45, 7) is 1.93. The second-order valence-corrected chi connectivity index (χ2v) is 11.7. The smallest absolute Gasteiger partial charge is 0.406 e. The molecular weight excluding hydrogens is 617 g/mol. The number of hydrogen-bond donors (Lipinski definition) is 2. The zero-order valence-electron chi connectivity index (χ0n) is 23.4. The highest BCUT2D eigenvalue weighted by Gasteiger charge is 2.42. The van der Waals surface area contributed by atoms with E-state index >= 15 is 0 Å². The third kappa shape index (κ3) is 7.82. The fourth-order valence-corrected chi connectivity index (χ4v) is 5.96. The van der Waals surface area contributed by atoms with Gasteiger partial charge in [0.2, 0.25) is 15.9 Å². The van der Waals surface area contributed by atoms with Gasteiger partial charge in [-0.3, -0.25) is 10.1 Å². The molecule has 1 saturated heterocycles. The number of halogens is 5. The molecule has 238 valence electrons. The average Bonchev–Trinajstić information content (AvgIpc) is 3.39. The molecule has 1 atom stereocenters.